The van der Waals surface area contributed by atoms with Crippen molar-refractivity contribution in [1.82, 2.24) is 0 Å². The van der Waals surface area contributed by atoms with Gasteiger partial charge >= 0.3 is 5.97 Å². The molecule has 35 heavy (non-hydrogen) atoms. The largest absolute Gasteiger partial charge is 0.483 e. The first-order valence-electron chi connectivity index (χ1n) is 11.0. The van der Waals surface area contributed by atoms with Gasteiger partial charge in [-0.1, -0.05) is 30.3 Å². The first-order valence-corrected chi connectivity index (χ1v) is 11.0. The van der Waals surface area contributed by atoms with Gasteiger partial charge in [0.2, 0.25) is 5.76 Å². The summed E-state index contributed by atoms with van der Waals surface area (Å²) >= 11 is 0. The maximum atomic E-state index is 12.4. The van der Waals surface area contributed by atoms with Gasteiger partial charge in [0.1, 0.15) is 11.5 Å². The number of benzene rings is 3. The van der Waals surface area contributed by atoms with Crippen LogP contribution in [0.2, 0.25) is 0 Å². The zero-order valence-corrected chi connectivity index (χ0v) is 19.3. The maximum Gasteiger partial charge on any atom is 0.338 e. The van der Waals surface area contributed by atoms with E-state index in [1.54, 1.807) is 50.3 Å². The summed E-state index contributed by atoms with van der Waals surface area (Å²) in [5, 5.41) is 2.72. The van der Waals surface area contributed by atoms with Crippen LogP contribution in [0.5, 0.6) is 11.5 Å². The Hall–Kier alpha value is -4.61. The van der Waals surface area contributed by atoms with Gasteiger partial charge in [0, 0.05) is 22.9 Å². The lowest BCUT2D eigenvalue weighted by atomic mass is 9.93. The highest BCUT2D eigenvalue weighted by Crippen LogP contribution is 2.42. The van der Waals surface area contributed by atoms with E-state index in [0.717, 1.165) is 16.7 Å². The molecule has 7 nitrogen and oxygen atoms in total. The number of rotatable bonds is 7. The number of hydrogen-bond donors (Lipinski definition) is 1. The van der Waals surface area contributed by atoms with Gasteiger partial charge in [0.15, 0.2) is 12.5 Å². The number of ether oxygens (including phenoxy) is 3. The van der Waals surface area contributed by atoms with E-state index in [-0.39, 0.29) is 18.3 Å². The maximum absolute atomic E-state index is 12.4. The number of anilines is 1. The van der Waals surface area contributed by atoms with Crippen molar-refractivity contribution in [1.29, 1.82) is 0 Å². The van der Waals surface area contributed by atoms with Crippen molar-refractivity contribution >= 4 is 29.1 Å². The SMILES string of the molecule is CCOC(=O)c1ccc(NC(=O)COc2ccc3c(c2C)OC(=C=O)C=C3c2ccccc2)cc1. The highest BCUT2D eigenvalue weighted by atomic mass is 16.5. The summed E-state index contributed by atoms with van der Waals surface area (Å²) in [5.74, 6) is 2.04. The molecule has 0 aromatic heterocycles. The Bertz CT molecular complexity index is 1340. The highest BCUT2D eigenvalue weighted by Gasteiger charge is 2.23. The lowest BCUT2D eigenvalue weighted by Crippen LogP contribution is -2.20. The molecule has 0 saturated carbocycles. The van der Waals surface area contributed by atoms with Gasteiger partial charge in [-0.15, -0.1) is 0 Å². The fourth-order valence-corrected chi connectivity index (χ4v) is 3.67. The standard InChI is InChI=1S/C28H23NO6/c1-3-33-28(32)20-9-11-21(12-10-20)29-26(31)17-34-25-14-13-23-24(19-7-5-4-6-8-19)15-22(16-30)35-27(23)18(25)2/h4-15H,3,17H2,1-2H3,(H,29,31). The predicted octanol–water partition coefficient (Wildman–Crippen LogP) is 4.73. The molecule has 0 unspecified atom stereocenters. The zero-order valence-electron chi connectivity index (χ0n) is 19.3. The van der Waals surface area contributed by atoms with Gasteiger partial charge < -0.3 is 19.5 Å². The fourth-order valence-electron chi connectivity index (χ4n) is 3.67. The van der Waals surface area contributed by atoms with Crippen LogP contribution >= 0.6 is 0 Å². The number of allylic oxidation sites excluding steroid dienone is 1. The second-order valence-corrected chi connectivity index (χ2v) is 7.69. The summed E-state index contributed by atoms with van der Waals surface area (Å²) in [5.41, 5.74) is 4.17. The zero-order chi connectivity index (χ0) is 24.8. The molecule has 1 amide bonds. The fraction of sp³-hybridized carbons (Fsp3) is 0.143. The predicted molar refractivity (Wildman–Crippen MR) is 131 cm³/mol. The van der Waals surface area contributed by atoms with E-state index in [4.69, 9.17) is 14.2 Å². The molecule has 7 heteroatoms. The molecule has 1 N–H and O–H groups in total. The second kappa shape index (κ2) is 10.5. The van der Waals surface area contributed by atoms with Crippen LogP contribution in [-0.2, 0) is 14.3 Å². The van der Waals surface area contributed by atoms with E-state index in [0.29, 0.717) is 34.9 Å². The Morgan fingerprint density at radius 1 is 1.00 bits per heavy atom. The Morgan fingerprint density at radius 2 is 1.74 bits per heavy atom. The Labute approximate surface area is 202 Å². The quantitative estimate of drug-likeness (QED) is 0.397. The van der Waals surface area contributed by atoms with Gasteiger partial charge in [-0.05, 0) is 61.4 Å². The summed E-state index contributed by atoms with van der Waals surface area (Å²) in [6.07, 6.45) is 1.66. The molecular weight excluding hydrogens is 446 g/mol. The molecule has 1 heterocycles. The van der Waals surface area contributed by atoms with E-state index in [1.165, 1.54) is 0 Å². The molecule has 3 aromatic rings. The summed E-state index contributed by atoms with van der Waals surface area (Å²) < 4.78 is 16.5. The van der Waals surface area contributed by atoms with Crippen molar-refractivity contribution in [2.45, 2.75) is 13.8 Å². The lowest BCUT2D eigenvalue weighted by molar-refractivity contribution is -0.118. The van der Waals surface area contributed by atoms with Gasteiger partial charge in [-0.2, -0.15) is 0 Å². The number of esters is 1. The molecule has 0 spiro atoms. The number of fused-ring (bicyclic) bond motifs is 1. The molecule has 0 atom stereocenters. The third-order valence-corrected chi connectivity index (χ3v) is 5.36. The summed E-state index contributed by atoms with van der Waals surface area (Å²) in [6.45, 7) is 3.59. The van der Waals surface area contributed by atoms with Gasteiger partial charge in [-0.25, -0.2) is 9.59 Å². The minimum Gasteiger partial charge on any atom is -0.483 e. The molecule has 0 fully saturated rings. The van der Waals surface area contributed by atoms with Gasteiger partial charge in [0.25, 0.3) is 5.91 Å². The number of hydrogen-bond acceptors (Lipinski definition) is 6. The van der Waals surface area contributed by atoms with E-state index < -0.39 is 5.97 Å². The second-order valence-electron chi connectivity index (χ2n) is 7.69. The summed E-state index contributed by atoms with van der Waals surface area (Å²) in [7, 11) is 0. The van der Waals surface area contributed by atoms with Crippen molar-refractivity contribution in [3.63, 3.8) is 0 Å². The van der Waals surface area contributed by atoms with Crippen molar-refractivity contribution in [3.8, 4) is 11.5 Å². The molecule has 176 valence electrons. The van der Waals surface area contributed by atoms with Crippen molar-refractivity contribution in [3.05, 3.63) is 101 Å². The minimum absolute atomic E-state index is 0.0700. The Kier molecular flexibility index (Phi) is 7.10. The van der Waals surface area contributed by atoms with Crippen LogP contribution in [-0.4, -0.2) is 31.0 Å². The average Bonchev–Trinajstić information content (AvgIpc) is 2.89. The van der Waals surface area contributed by atoms with Crippen molar-refractivity contribution < 1.29 is 28.6 Å². The summed E-state index contributed by atoms with van der Waals surface area (Å²) in [4.78, 5) is 35.5. The van der Waals surface area contributed by atoms with Crippen LogP contribution in [0.3, 0.4) is 0 Å². The third-order valence-electron chi connectivity index (χ3n) is 5.36. The number of carbonyl (C=O) groups is 2. The van der Waals surface area contributed by atoms with Crippen LogP contribution in [0.15, 0.2) is 78.6 Å². The van der Waals surface area contributed by atoms with Gasteiger partial charge in [-0.3, -0.25) is 4.79 Å². The third kappa shape index (κ3) is 5.32. The molecular formula is C28H23NO6. The first-order chi connectivity index (χ1) is 17.0. The van der Waals surface area contributed by atoms with Crippen LogP contribution < -0.4 is 14.8 Å². The first kappa shape index (κ1) is 23.5. The topological polar surface area (TPSA) is 90.9 Å². The molecule has 0 aliphatic carbocycles. The van der Waals surface area contributed by atoms with E-state index in [1.807, 2.05) is 42.3 Å². The van der Waals surface area contributed by atoms with Crippen LogP contribution in [0.1, 0.15) is 34.0 Å². The molecule has 0 bridgehead atoms. The summed E-state index contributed by atoms with van der Waals surface area (Å²) in [6, 6.07) is 19.7. The normalized spacial score (nSPS) is 11.9. The van der Waals surface area contributed by atoms with Crippen LogP contribution in [0.25, 0.3) is 5.57 Å². The lowest BCUT2D eigenvalue weighted by Gasteiger charge is -2.22. The monoisotopic (exact) mass is 469 g/mol. The number of nitrogens with one attached hydrogen (secondary N) is 1. The molecule has 3 aromatic carbocycles. The average molecular weight is 469 g/mol. The minimum atomic E-state index is -0.420. The van der Waals surface area contributed by atoms with Gasteiger partial charge in [0.05, 0.1) is 12.2 Å². The van der Waals surface area contributed by atoms with Crippen molar-refractivity contribution in [2.75, 3.05) is 18.5 Å². The molecule has 0 radical (unpaired) electrons. The molecule has 0 saturated heterocycles. The number of amides is 1. The van der Waals surface area contributed by atoms with Crippen LogP contribution in [0, 0.1) is 6.92 Å². The van der Waals surface area contributed by atoms with E-state index >= 15 is 0 Å². The molecule has 1 aliphatic heterocycles. The van der Waals surface area contributed by atoms with Crippen molar-refractivity contribution in [2.24, 2.45) is 0 Å². The smallest absolute Gasteiger partial charge is 0.338 e. The van der Waals surface area contributed by atoms with Crippen LogP contribution in [0.4, 0.5) is 5.69 Å². The Balaban J connectivity index is 1.47. The molecule has 4 rings (SSSR count). The Morgan fingerprint density at radius 3 is 2.43 bits per heavy atom. The van der Waals surface area contributed by atoms with E-state index in [9.17, 15) is 14.4 Å². The number of carbonyl (C=O) groups excluding carboxylic acids is 3. The molecule has 1 aliphatic rings. The highest BCUT2D eigenvalue weighted by molar-refractivity contribution is 5.94. The van der Waals surface area contributed by atoms with E-state index in [2.05, 4.69) is 5.32 Å².